The van der Waals surface area contributed by atoms with E-state index in [0.717, 1.165) is 0 Å². The summed E-state index contributed by atoms with van der Waals surface area (Å²) in [7, 11) is 0. The molecule has 11 heavy (non-hydrogen) atoms. The first-order valence-electron chi connectivity index (χ1n) is 2.90. The summed E-state index contributed by atoms with van der Waals surface area (Å²) in [6, 6.07) is 1.69. The van der Waals surface area contributed by atoms with Gasteiger partial charge in [-0.1, -0.05) is 0 Å². The molecule has 0 bridgehead atoms. The molecule has 0 radical (unpaired) electrons. The molecule has 0 aliphatic rings. The first-order chi connectivity index (χ1) is 5.29. The Morgan fingerprint density at radius 3 is 3.00 bits per heavy atom. The van der Waals surface area contributed by atoms with Crippen molar-refractivity contribution in [3.8, 4) is 0 Å². The Kier molecular flexibility index (Phi) is 1.41. The Labute approximate surface area is 75.7 Å². The number of nitrogen functional groups attached to an aromatic ring is 1. The van der Waals surface area contributed by atoms with Crippen molar-refractivity contribution < 1.29 is 0 Å². The molecule has 0 spiro atoms. The number of hydrogen-bond donors (Lipinski definition) is 1. The van der Waals surface area contributed by atoms with Crippen molar-refractivity contribution in [3.63, 3.8) is 0 Å². The molecule has 2 heterocycles. The van der Waals surface area contributed by atoms with Crippen LogP contribution < -0.4 is 5.73 Å². The molecule has 6 heteroatoms. The lowest BCUT2D eigenvalue weighted by Crippen LogP contribution is -1.96. The minimum atomic E-state index is 0.593. The minimum absolute atomic E-state index is 0.593. The Morgan fingerprint density at radius 1 is 1.45 bits per heavy atom. The number of nitrogens with two attached hydrogens (primary N) is 1. The fraction of sp³-hybridized carbons (Fsp3) is 0. The Bertz CT molecular complexity index is 395. The van der Waals surface area contributed by atoms with Gasteiger partial charge in [0.2, 0.25) is 9.48 Å². The second-order valence-electron chi connectivity index (χ2n) is 1.99. The zero-order valence-corrected chi connectivity index (χ0v) is 7.56. The van der Waals surface area contributed by atoms with E-state index >= 15 is 0 Å². The zero-order valence-electron chi connectivity index (χ0n) is 5.40. The number of anilines is 1. The van der Waals surface area contributed by atoms with E-state index in [0.29, 0.717) is 15.2 Å². The van der Waals surface area contributed by atoms with Crippen LogP contribution >= 0.6 is 22.6 Å². The van der Waals surface area contributed by atoms with Crippen molar-refractivity contribution in [1.82, 2.24) is 19.8 Å². The van der Waals surface area contributed by atoms with Gasteiger partial charge in [-0.3, -0.25) is 0 Å². The van der Waals surface area contributed by atoms with E-state index in [1.807, 2.05) is 22.6 Å². The van der Waals surface area contributed by atoms with E-state index in [9.17, 15) is 0 Å². The fourth-order valence-electron chi connectivity index (χ4n) is 0.798. The number of nitrogens with zero attached hydrogens (tertiary/aromatic N) is 4. The highest BCUT2D eigenvalue weighted by molar-refractivity contribution is 14.1. The molecule has 0 amide bonds. The van der Waals surface area contributed by atoms with Gasteiger partial charge in [0, 0.05) is 22.6 Å². The summed E-state index contributed by atoms with van der Waals surface area (Å²) < 4.78 is 2.31. The van der Waals surface area contributed by atoms with Gasteiger partial charge in [0.1, 0.15) is 0 Å². The topological polar surface area (TPSA) is 69.1 Å². The third-order valence-corrected chi connectivity index (χ3v) is 1.97. The lowest BCUT2D eigenvalue weighted by molar-refractivity contribution is 0.895. The van der Waals surface area contributed by atoms with Crippen LogP contribution in [-0.4, -0.2) is 19.8 Å². The van der Waals surface area contributed by atoms with Crippen LogP contribution in [0.5, 0.6) is 0 Å². The van der Waals surface area contributed by atoms with Crippen LogP contribution in [-0.2, 0) is 0 Å². The van der Waals surface area contributed by atoms with Gasteiger partial charge in [-0.25, -0.2) is 0 Å². The molecule has 0 saturated heterocycles. The van der Waals surface area contributed by atoms with Crippen molar-refractivity contribution in [2.45, 2.75) is 0 Å². The van der Waals surface area contributed by atoms with Gasteiger partial charge in [0.25, 0.3) is 0 Å². The van der Waals surface area contributed by atoms with Crippen molar-refractivity contribution in [2.24, 2.45) is 0 Å². The molecule has 0 atom stereocenters. The Morgan fingerprint density at radius 2 is 2.27 bits per heavy atom. The second kappa shape index (κ2) is 2.29. The summed E-state index contributed by atoms with van der Waals surface area (Å²) in [5, 5.41) is 11.7. The quantitative estimate of drug-likeness (QED) is 0.693. The fourth-order valence-corrected chi connectivity index (χ4v) is 1.26. The predicted molar refractivity (Wildman–Crippen MR) is 47.9 cm³/mol. The molecule has 2 rings (SSSR count). The molecular weight excluding hydrogens is 257 g/mol. The standard InChI is InChI=1S/C5H4IN5/c6-5-10-9-4-3(7)1-2-8-11(4)5/h1-2H,7H2. The third-order valence-electron chi connectivity index (χ3n) is 1.30. The molecule has 0 aliphatic carbocycles. The first kappa shape index (κ1) is 6.77. The number of fused-ring (bicyclic) bond motifs is 1. The lowest BCUT2D eigenvalue weighted by Gasteiger charge is -1.92. The smallest absolute Gasteiger partial charge is 0.215 e. The van der Waals surface area contributed by atoms with Gasteiger partial charge in [-0.05, 0) is 6.07 Å². The van der Waals surface area contributed by atoms with Crippen LogP contribution in [0.1, 0.15) is 0 Å². The van der Waals surface area contributed by atoms with Crippen LogP contribution in [0.3, 0.4) is 0 Å². The second-order valence-corrected chi connectivity index (χ2v) is 2.96. The summed E-state index contributed by atoms with van der Waals surface area (Å²) in [6.45, 7) is 0. The van der Waals surface area contributed by atoms with Crippen molar-refractivity contribution in [1.29, 1.82) is 0 Å². The van der Waals surface area contributed by atoms with Gasteiger partial charge in [-0.15, -0.1) is 10.2 Å². The first-order valence-corrected chi connectivity index (χ1v) is 3.98. The average molecular weight is 261 g/mol. The monoisotopic (exact) mass is 261 g/mol. The Balaban J connectivity index is 2.94. The van der Waals surface area contributed by atoms with Gasteiger partial charge in [-0.2, -0.15) is 9.61 Å². The average Bonchev–Trinajstić information content (AvgIpc) is 2.35. The largest absolute Gasteiger partial charge is 0.396 e. The van der Waals surface area contributed by atoms with Crippen molar-refractivity contribution in [3.05, 3.63) is 16.1 Å². The van der Waals surface area contributed by atoms with E-state index < -0.39 is 0 Å². The van der Waals surface area contributed by atoms with Crippen LogP contribution in [0.4, 0.5) is 5.69 Å². The molecule has 0 fully saturated rings. The molecule has 0 aliphatic heterocycles. The SMILES string of the molecule is Nc1ccnn2c(I)nnc12. The number of rotatable bonds is 0. The maximum absolute atomic E-state index is 5.60. The molecule has 5 nitrogen and oxygen atoms in total. The van der Waals surface area contributed by atoms with Crippen LogP contribution in [0.25, 0.3) is 5.65 Å². The Hall–Kier alpha value is -0.920. The molecule has 0 saturated carbocycles. The summed E-state index contributed by atoms with van der Waals surface area (Å²) in [6.07, 6.45) is 1.62. The van der Waals surface area contributed by atoms with Crippen LogP contribution in [0, 0.1) is 3.83 Å². The molecule has 2 aromatic heterocycles. The predicted octanol–water partition coefficient (Wildman–Crippen LogP) is 0.311. The van der Waals surface area contributed by atoms with Crippen molar-refractivity contribution >= 4 is 33.9 Å². The molecule has 0 aromatic carbocycles. The summed E-state index contributed by atoms with van der Waals surface area (Å²) in [5.41, 5.74) is 6.80. The van der Waals surface area contributed by atoms with E-state index in [4.69, 9.17) is 5.73 Å². The molecule has 2 aromatic rings. The molecule has 56 valence electrons. The number of hydrogen-bond acceptors (Lipinski definition) is 4. The molecular formula is C5H4IN5. The highest BCUT2D eigenvalue weighted by Crippen LogP contribution is 2.09. The zero-order chi connectivity index (χ0) is 7.84. The normalized spacial score (nSPS) is 10.6. The maximum atomic E-state index is 5.60. The van der Waals surface area contributed by atoms with E-state index in [1.54, 1.807) is 16.8 Å². The van der Waals surface area contributed by atoms with E-state index in [-0.39, 0.29) is 0 Å². The third kappa shape index (κ3) is 0.934. The minimum Gasteiger partial charge on any atom is -0.396 e. The summed E-state index contributed by atoms with van der Waals surface area (Å²) >= 11 is 2.04. The van der Waals surface area contributed by atoms with Gasteiger partial charge >= 0.3 is 0 Å². The molecule has 2 N–H and O–H groups in total. The van der Waals surface area contributed by atoms with Gasteiger partial charge in [0.05, 0.1) is 11.9 Å². The molecule has 0 unspecified atom stereocenters. The van der Waals surface area contributed by atoms with E-state index in [2.05, 4.69) is 15.3 Å². The van der Waals surface area contributed by atoms with Crippen LogP contribution in [0.15, 0.2) is 12.3 Å². The van der Waals surface area contributed by atoms with Crippen molar-refractivity contribution in [2.75, 3.05) is 5.73 Å². The summed E-state index contributed by atoms with van der Waals surface area (Å²) in [5.74, 6) is 0. The van der Waals surface area contributed by atoms with E-state index in [1.165, 1.54) is 0 Å². The summed E-state index contributed by atoms with van der Waals surface area (Å²) in [4.78, 5) is 0. The van der Waals surface area contributed by atoms with Crippen LogP contribution in [0.2, 0.25) is 0 Å². The highest BCUT2D eigenvalue weighted by Gasteiger charge is 2.03. The number of aromatic nitrogens is 4. The van der Waals surface area contributed by atoms with Gasteiger partial charge < -0.3 is 5.73 Å². The van der Waals surface area contributed by atoms with Gasteiger partial charge in [0.15, 0.2) is 0 Å². The number of halogens is 1. The highest BCUT2D eigenvalue weighted by atomic mass is 127. The lowest BCUT2D eigenvalue weighted by atomic mass is 10.5. The maximum Gasteiger partial charge on any atom is 0.215 e.